The Hall–Kier alpha value is -2.00. The van der Waals surface area contributed by atoms with E-state index in [4.69, 9.17) is 24.5 Å². The van der Waals surface area contributed by atoms with Crippen molar-refractivity contribution in [1.29, 1.82) is 0 Å². The number of hydrogen-bond acceptors (Lipinski definition) is 7. The molecule has 2 aliphatic rings. The van der Waals surface area contributed by atoms with Crippen LogP contribution >= 0.6 is 11.7 Å². The van der Waals surface area contributed by atoms with Crippen molar-refractivity contribution in [3.63, 3.8) is 0 Å². The first-order chi connectivity index (χ1) is 13.0. The Bertz CT molecular complexity index is 649. The van der Waals surface area contributed by atoms with Gasteiger partial charge in [-0.3, -0.25) is 4.90 Å². The predicted molar refractivity (Wildman–Crippen MR) is 102 cm³/mol. The average Bonchev–Trinajstić information content (AvgIpc) is 3.10. The second-order valence-electron chi connectivity index (χ2n) is 6.77. The summed E-state index contributed by atoms with van der Waals surface area (Å²) >= 11 is 1.27. The molecule has 0 spiro atoms. The minimum absolute atomic E-state index is 0.696. The van der Waals surface area contributed by atoms with E-state index in [-0.39, 0.29) is 0 Å². The summed E-state index contributed by atoms with van der Waals surface area (Å²) in [6.45, 7) is 6.44. The summed E-state index contributed by atoms with van der Waals surface area (Å²) in [5.74, 6) is -2.20. The van der Waals surface area contributed by atoms with E-state index in [0.717, 1.165) is 31.1 Å². The van der Waals surface area contributed by atoms with Gasteiger partial charge in [0.2, 0.25) is 0 Å². The molecule has 3 rings (SSSR count). The molecule has 0 aliphatic carbocycles. The van der Waals surface area contributed by atoms with Crippen LogP contribution in [0.3, 0.4) is 0 Å². The van der Waals surface area contributed by atoms with E-state index in [9.17, 15) is 0 Å². The second kappa shape index (κ2) is 11.0. The molecule has 1 fully saturated rings. The molecule has 1 aromatic rings. The zero-order valence-electron chi connectivity index (χ0n) is 15.6. The normalized spacial score (nSPS) is 20.9. The molecule has 1 saturated heterocycles. The minimum Gasteiger partial charge on any atom is -0.475 e. The van der Waals surface area contributed by atoms with E-state index in [1.165, 1.54) is 62.5 Å². The lowest BCUT2D eigenvalue weighted by molar-refractivity contribution is -0.159. The maximum absolute atomic E-state index is 9.10. The molecule has 9 heteroatoms. The molecule has 3 heterocycles. The van der Waals surface area contributed by atoms with E-state index in [1.54, 1.807) is 0 Å². The number of fused-ring (bicyclic) bond motifs is 2. The Morgan fingerprint density at radius 1 is 1.26 bits per heavy atom. The molecule has 150 valence electrons. The zero-order chi connectivity index (χ0) is 19.6. The molecule has 27 heavy (non-hydrogen) atoms. The minimum atomic E-state index is -1.82. The number of aromatic nitrogens is 2. The molecule has 0 saturated carbocycles. The van der Waals surface area contributed by atoms with Crippen molar-refractivity contribution in [1.82, 2.24) is 13.6 Å². The molecular weight excluding hydrogens is 370 g/mol. The van der Waals surface area contributed by atoms with Gasteiger partial charge < -0.3 is 14.9 Å². The average molecular weight is 397 g/mol. The lowest BCUT2D eigenvalue weighted by Crippen LogP contribution is -2.39. The van der Waals surface area contributed by atoms with Gasteiger partial charge in [-0.25, -0.2) is 9.59 Å². The van der Waals surface area contributed by atoms with Crippen LogP contribution in [0.5, 0.6) is 5.88 Å². The second-order valence-corrected chi connectivity index (χ2v) is 7.30. The van der Waals surface area contributed by atoms with Crippen LogP contribution in [0.4, 0.5) is 0 Å². The molecule has 8 nitrogen and oxygen atoms in total. The first-order valence-electron chi connectivity index (χ1n) is 9.36. The van der Waals surface area contributed by atoms with Crippen LogP contribution in [0, 0.1) is 5.92 Å². The third kappa shape index (κ3) is 6.91. The maximum Gasteiger partial charge on any atom is 0.414 e. The number of carboxylic acids is 2. The van der Waals surface area contributed by atoms with Gasteiger partial charge in [0.15, 0.2) is 0 Å². The molecule has 2 bridgehead atoms. The van der Waals surface area contributed by atoms with Crippen LogP contribution in [0.1, 0.15) is 51.1 Å². The topological polar surface area (TPSA) is 113 Å². The van der Waals surface area contributed by atoms with Gasteiger partial charge in [-0.2, -0.15) is 4.37 Å². The first kappa shape index (κ1) is 21.3. The molecule has 0 aromatic carbocycles. The lowest BCUT2D eigenvalue weighted by atomic mass is 9.90. The summed E-state index contributed by atoms with van der Waals surface area (Å²) in [5, 5.41) is 14.8. The number of carboxylic acid groups (broad SMARTS) is 2. The van der Waals surface area contributed by atoms with E-state index in [0.29, 0.717) is 5.92 Å². The van der Waals surface area contributed by atoms with Crippen molar-refractivity contribution in [2.24, 2.45) is 5.92 Å². The zero-order valence-corrected chi connectivity index (χ0v) is 16.4. The summed E-state index contributed by atoms with van der Waals surface area (Å²) in [7, 11) is 0. The van der Waals surface area contributed by atoms with Crippen LogP contribution in [0.15, 0.2) is 6.08 Å². The molecule has 2 unspecified atom stereocenters. The largest absolute Gasteiger partial charge is 0.475 e. The third-order valence-electron chi connectivity index (χ3n) is 4.56. The molecule has 2 atom stereocenters. The highest BCUT2D eigenvalue weighted by Crippen LogP contribution is 2.32. The fourth-order valence-electron chi connectivity index (χ4n) is 3.27. The van der Waals surface area contributed by atoms with Crippen LogP contribution in [-0.4, -0.2) is 62.0 Å². The van der Waals surface area contributed by atoms with Crippen LogP contribution < -0.4 is 4.74 Å². The van der Waals surface area contributed by atoms with Crippen LogP contribution in [-0.2, 0) is 9.59 Å². The number of aliphatic carboxylic acids is 2. The molecule has 1 aromatic heterocycles. The predicted octanol–water partition coefficient (Wildman–Crippen LogP) is 2.76. The summed E-state index contributed by atoms with van der Waals surface area (Å²) in [4.78, 5) is 20.7. The standard InChI is InChI=1S/C16H25N3OS.C2H2O4/c1-2-3-4-5-9-20-16-15(17-21-18-16)14-10-13-7-6-8-19(11-13)12-14;3-1(4)2(5)6/h10,13H,2-9,11-12H2,1H3;(H,3,4)(H,5,6). The lowest BCUT2D eigenvalue weighted by Gasteiger charge is -2.36. The number of piperidine rings is 1. The Balaban J connectivity index is 0.000000380. The van der Waals surface area contributed by atoms with Crippen molar-refractivity contribution in [3.05, 3.63) is 11.8 Å². The fourth-order valence-corrected chi connectivity index (χ4v) is 3.80. The van der Waals surface area contributed by atoms with Crippen molar-refractivity contribution in [2.45, 2.75) is 45.4 Å². The van der Waals surface area contributed by atoms with Gasteiger partial charge in [0.05, 0.1) is 18.3 Å². The van der Waals surface area contributed by atoms with Crippen molar-refractivity contribution in [3.8, 4) is 5.88 Å². The van der Waals surface area contributed by atoms with E-state index in [1.807, 2.05) is 0 Å². The van der Waals surface area contributed by atoms with Gasteiger partial charge in [0, 0.05) is 13.1 Å². The molecular formula is C18H27N3O5S. The molecule has 0 radical (unpaired) electrons. The molecule has 0 amide bonds. The number of nitrogens with zero attached hydrogens (tertiary/aromatic N) is 3. The van der Waals surface area contributed by atoms with Crippen LogP contribution in [0.2, 0.25) is 0 Å². The highest BCUT2D eigenvalue weighted by molar-refractivity contribution is 6.99. The van der Waals surface area contributed by atoms with Gasteiger partial charge in [-0.05, 0) is 37.3 Å². The number of unbranched alkanes of at least 4 members (excludes halogenated alkanes) is 3. The number of carbonyl (C=O) groups is 2. The fraction of sp³-hybridized carbons (Fsp3) is 0.667. The first-order valence-corrected chi connectivity index (χ1v) is 10.1. The quantitative estimate of drug-likeness (QED) is 0.533. The van der Waals surface area contributed by atoms with E-state index < -0.39 is 11.9 Å². The summed E-state index contributed by atoms with van der Waals surface area (Å²) in [6.07, 6.45) is 9.94. The van der Waals surface area contributed by atoms with Gasteiger partial charge in [0.25, 0.3) is 5.88 Å². The van der Waals surface area contributed by atoms with Gasteiger partial charge >= 0.3 is 11.9 Å². The monoisotopic (exact) mass is 397 g/mol. The maximum atomic E-state index is 9.10. The SMILES string of the molecule is CCCCCCOc1nsnc1C1=CC2CCCN(C1)C2.O=C(O)C(=O)O. The highest BCUT2D eigenvalue weighted by Gasteiger charge is 2.27. The van der Waals surface area contributed by atoms with Crippen molar-refractivity contribution < 1.29 is 24.5 Å². The van der Waals surface area contributed by atoms with Crippen molar-refractivity contribution in [2.75, 3.05) is 26.2 Å². The van der Waals surface area contributed by atoms with E-state index >= 15 is 0 Å². The summed E-state index contributed by atoms with van der Waals surface area (Å²) in [5.41, 5.74) is 2.32. The van der Waals surface area contributed by atoms with Crippen molar-refractivity contribution >= 4 is 29.2 Å². The Morgan fingerprint density at radius 2 is 2.04 bits per heavy atom. The Kier molecular flexibility index (Phi) is 8.66. The molecule has 2 N–H and O–H groups in total. The van der Waals surface area contributed by atoms with Gasteiger partial charge in [-0.1, -0.05) is 32.3 Å². The Morgan fingerprint density at radius 3 is 2.70 bits per heavy atom. The van der Waals surface area contributed by atoms with E-state index in [2.05, 4.69) is 26.6 Å². The molecule has 2 aliphatic heterocycles. The highest BCUT2D eigenvalue weighted by atomic mass is 32.1. The van der Waals surface area contributed by atoms with Crippen LogP contribution in [0.25, 0.3) is 5.57 Å². The Labute approximate surface area is 163 Å². The number of hydrogen-bond donors (Lipinski definition) is 2. The van der Waals surface area contributed by atoms with Gasteiger partial charge in [-0.15, -0.1) is 4.37 Å². The third-order valence-corrected chi connectivity index (χ3v) is 5.07. The number of rotatable bonds is 7. The number of ether oxygens (including phenoxy) is 1. The summed E-state index contributed by atoms with van der Waals surface area (Å²) < 4.78 is 14.7. The smallest absolute Gasteiger partial charge is 0.414 e. The summed E-state index contributed by atoms with van der Waals surface area (Å²) in [6, 6.07) is 0. The van der Waals surface area contributed by atoms with Gasteiger partial charge in [0.1, 0.15) is 5.69 Å².